The molecular weight excluding hydrogens is 178 g/mol. The van der Waals surface area contributed by atoms with Gasteiger partial charge in [0.15, 0.2) is 0 Å². The van der Waals surface area contributed by atoms with Gasteiger partial charge in [0.05, 0.1) is 5.56 Å². The van der Waals surface area contributed by atoms with Gasteiger partial charge in [-0.05, 0) is 19.1 Å². The first-order chi connectivity index (χ1) is 6.77. The van der Waals surface area contributed by atoms with E-state index in [0.29, 0.717) is 5.56 Å². The number of hydrogen-bond acceptors (Lipinski definition) is 3. The largest absolute Gasteiger partial charge is 0.456 e. The number of benzene rings is 1. The van der Waals surface area contributed by atoms with E-state index in [2.05, 4.69) is 5.32 Å². The van der Waals surface area contributed by atoms with Crippen molar-refractivity contribution in [3.63, 3.8) is 0 Å². The maximum Gasteiger partial charge on any atom is 0.338 e. The summed E-state index contributed by atoms with van der Waals surface area (Å²) in [5.41, 5.74) is 0.617. The molecule has 14 heavy (non-hydrogen) atoms. The minimum Gasteiger partial charge on any atom is -0.456 e. The van der Waals surface area contributed by atoms with Gasteiger partial charge < -0.3 is 10.1 Å². The van der Waals surface area contributed by atoms with E-state index in [0.717, 1.165) is 6.54 Å². The molecule has 1 heterocycles. The lowest BCUT2D eigenvalue weighted by atomic mass is 10.1. The molecular formula is C11H13NO2. The molecule has 0 aliphatic carbocycles. The average molecular weight is 191 g/mol. The Morgan fingerprint density at radius 3 is 2.64 bits per heavy atom. The van der Waals surface area contributed by atoms with Crippen LogP contribution in [0, 0.1) is 0 Å². The molecule has 0 amide bonds. The topological polar surface area (TPSA) is 38.3 Å². The Bertz CT molecular complexity index is 323. The molecule has 0 aromatic heterocycles. The van der Waals surface area contributed by atoms with E-state index in [1.54, 1.807) is 12.1 Å². The molecule has 1 aliphatic heterocycles. The SMILES string of the molecule is C[C@@H]1NC[C@H]1OC(=O)c1ccccc1. The summed E-state index contributed by atoms with van der Waals surface area (Å²) in [6, 6.07) is 9.35. The summed E-state index contributed by atoms with van der Waals surface area (Å²) in [4.78, 5) is 11.5. The Balaban J connectivity index is 1.96. The van der Waals surface area contributed by atoms with Crippen LogP contribution >= 0.6 is 0 Å². The summed E-state index contributed by atoms with van der Waals surface area (Å²) >= 11 is 0. The molecule has 74 valence electrons. The van der Waals surface area contributed by atoms with Gasteiger partial charge in [0.1, 0.15) is 6.10 Å². The van der Waals surface area contributed by atoms with E-state index >= 15 is 0 Å². The molecule has 0 unspecified atom stereocenters. The molecule has 0 saturated carbocycles. The normalized spacial score (nSPS) is 25.2. The molecule has 1 fully saturated rings. The second-order valence-corrected chi connectivity index (χ2v) is 3.51. The number of nitrogens with one attached hydrogen (secondary N) is 1. The third-order valence-electron chi connectivity index (χ3n) is 2.47. The van der Waals surface area contributed by atoms with Crippen LogP contribution in [0.1, 0.15) is 17.3 Å². The summed E-state index contributed by atoms with van der Waals surface area (Å²) in [5, 5.41) is 3.14. The third kappa shape index (κ3) is 1.77. The Kier molecular flexibility index (Phi) is 2.50. The van der Waals surface area contributed by atoms with Crippen LogP contribution in [0.4, 0.5) is 0 Å². The van der Waals surface area contributed by atoms with Crippen molar-refractivity contribution in [2.75, 3.05) is 6.54 Å². The molecule has 1 aromatic rings. The van der Waals surface area contributed by atoms with Gasteiger partial charge in [-0.15, -0.1) is 0 Å². The Labute approximate surface area is 83.1 Å². The van der Waals surface area contributed by atoms with Gasteiger partial charge in [0.2, 0.25) is 0 Å². The fourth-order valence-electron chi connectivity index (χ4n) is 1.37. The summed E-state index contributed by atoms with van der Waals surface area (Å²) in [5.74, 6) is -0.232. The standard InChI is InChI=1S/C11H13NO2/c1-8-10(7-12-8)14-11(13)9-5-3-2-4-6-9/h2-6,8,10,12H,7H2,1H3/t8-,10+/m0/s1. The fourth-order valence-corrected chi connectivity index (χ4v) is 1.37. The quantitative estimate of drug-likeness (QED) is 0.714. The highest BCUT2D eigenvalue weighted by atomic mass is 16.5. The zero-order valence-corrected chi connectivity index (χ0v) is 8.07. The number of ether oxygens (including phenoxy) is 1. The summed E-state index contributed by atoms with van der Waals surface area (Å²) in [7, 11) is 0. The van der Waals surface area contributed by atoms with Crippen LogP contribution in [0.2, 0.25) is 0 Å². The Morgan fingerprint density at radius 2 is 2.14 bits per heavy atom. The highest BCUT2D eigenvalue weighted by molar-refractivity contribution is 5.89. The second kappa shape index (κ2) is 3.80. The van der Waals surface area contributed by atoms with E-state index < -0.39 is 0 Å². The summed E-state index contributed by atoms with van der Waals surface area (Å²) < 4.78 is 5.28. The molecule has 1 N–H and O–H groups in total. The summed E-state index contributed by atoms with van der Waals surface area (Å²) in [6.45, 7) is 2.77. The second-order valence-electron chi connectivity index (χ2n) is 3.51. The van der Waals surface area contributed by atoms with Crippen molar-refractivity contribution in [2.45, 2.75) is 19.1 Å². The lowest BCUT2D eigenvalue weighted by Gasteiger charge is -2.34. The molecule has 2 rings (SSSR count). The predicted molar refractivity (Wildman–Crippen MR) is 53.1 cm³/mol. The smallest absolute Gasteiger partial charge is 0.338 e. The van der Waals surface area contributed by atoms with Crippen LogP contribution in [0.15, 0.2) is 30.3 Å². The fraction of sp³-hybridized carbons (Fsp3) is 0.364. The van der Waals surface area contributed by atoms with Crippen LogP contribution in [-0.2, 0) is 4.74 Å². The number of esters is 1. The lowest BCUT2D eigenvalue weighted by molar-refractivity contribution is 0.000743. The van der Waals surface area contributed by atoms with E-state index in [4.69, 9.17) is 4.74 Å². The number of hydrogen-bond donors (Lipinski definition) is 1. The maximum atomic E-state index is 11.5. The Hall–Kier alpha value is -1.35. The first-order valence-electron chi connectivity index (χ1n) is 4.77. The van der Waals surface area contributed by atoms with Gasteiger partial charge in [-0.25, -0.2) is 4.79 Å². The van der Waals surface area contributed by atoms with E-state index in [1.807, 2.05) is 25.1 Å². The monoisotopic (exact) mass is 191 g/mol. The van der Waals surface area contributed by atoms with E-state index in [-0.39, 0.29) is 18.1 Å². The van der Waals surface area contributed by atoms with E-state index in [9.17, 15) is 4.79 Å². The Morgan fingerprint density at radius 1 is 1.43 bits per heavy atom. The number of rotatable bonds is 2. The lowest BCUT2D eigenvalue weighted by Crippen LogP contribution is -2.57. The minimum absolute atomic E-state index is 0.0303. The molecule has 1 aliphatic rings. The van der Waals surface area contributed by atoms with Crippen molar-refractivity contribution < 1.29 is 9.53 Å². The van der Waals surface area contributed by atoms with Gasteiger partial charge >= 0.3 is 5.97 Å². The van der Waals surface area contributed by atoms with Crippen LogP contribution in [-0.4, -0.2) is 24.7 Å². The summed E-state index contributed by atoms with van der Waals surface area (Å²) in [6.07, 6.45) is 0.0303. The number of carbonyl (C=O) groups excluding carboxylic acids is 1. The molecule has 3 heteroatoms. The molecule has 1 saturated heterocycles. The minimum atomic E-state index is -0.232. The molecule has 2 atom stereocenters. The zero-order valence-electron chi connectivity index (χ0n) is 8.07. The van der Waals surface area contributed by atoms with Crippen LogP contribution in [0.5, 0.6) is 0 Å². The van der Waals surface area contributed by atoms with E-state index in [1.165, 1.54) is 0 Å². The van der Waals surface area contributed by atoms with Gasteiger partial charge in [-0.2, -0.15) is 0 Å². The van der Waals surface area contributed by atoms with Crippen molar-refractivity contribution in [1.82, 2.24) is 5.32 Å². The van der Waals surface area contributed by atoms with Gasteiger partial charge in [0.25, 0.3) is 0 Å². The van der Waals surface area contributed by atoms with Crippen molar-refractivity contribution in [3.8, 4) is 0 Å². The molecule has 3 nitrogen and oxygen atoms in total. The first kappa shape index (κ1) is 9.21. The van der Waals surface area contributed by atoms with Gasteiger partial charge in [-0.1, -0.05) is 18.2 Å². The highest BCUT2D eigenvalue weighted by Crippen LogP contribution is 2.11. The molecule has 0 radical (unpaired) electrons. The van der Waals surface area contributed by atoms with Crippen LogP contribution in [0.25, 0.3) is 0 Å². The van der Waals surface area contributed by atoms with Crippen molar-refractivity contribution in [2.24, 2.45) is 0 Å². The van der Waals surface area contributed by atoms with Crippen LogP contribution < -0.4 is 5.32 Å². The highest BCUT2D eigenvalue weighted by Gasteiger charge is 2.29. The van der Waals surface area contributed by atoms with Gasteiger partial charge in [-0.3, -0.25) is 0 Å². The van der Waals surface area contributed by atoms with Crippen LogP contribution in [0.3, 0.4) is 0 Å². The third-order valence-corrected chi connectivity index (χ3v) is 2.47. The van der Waals surface area contributed by atoms with Crippen molar-refractivity contribution in [1.29, 1.82) is 0 Å². The number of carbonyl (C=O) groups is 1. The molecule has 1 aromatic carbocycles. The zero-order chi connectivity index (χ0) is 9.97. The maximum absolute atomic E-state index is 11.5. The molecule has 0 spiro atoms. The predicted octanol–water partition coefficient (Wildman–Crippen LogP) is 1.20. The average Bonchev–Trinajstić information content (AvgIpc) is 2.24. The van der Waals surface area contributed by atoms with Crippen molar-refractivity contribution >= 4 is 5.97 Å². The van der Waals surface area contributed by atoms with Crippen molar-refractivity contribution in [3.05, 3.63) is 35.9 Å². The first-order valence-corrected chi connectivity index (χ1v) is 4.77. The van der Waals surface area contributed by atoms with Gasteiger partial charge in [0, 0.05) is 12.6 Å². The molecule has 0 bridgehead atoms.